The lowest BCUT2D eigenvalue weighted by Gasteiger charge is -2.33. The molecule has 3 aromatic carbocycles. The number of carbonyl (C=O) groups excluding carboxylic acids is 2. The normalized spacial score (nSPS) is 12.0. The van der Waals surface area contributed by atoms with Crippen molar-refractivity contribution in [1.82, 2.24) is 10.2 Å². The maximum Gasteiger partial charge on any atom is 0.264 e. The second-order valence-electron chi connectivity index (χ2n) is 9.83. The predicted molar refractivity (Wildman–Crippen MR) is 161 cm³/mol. The zero-order valence-corrected chi connectivity index (χ0v) is 25.1. The minimum absolute atomic E-state index is 0.0595. The summed E-state index contributed by atoms with van der Waals surface area (Å²) in [5.41, 5.74) is 2.70. The number of unbranched alkanes of at least 4 members (excludes halogenated alkanes) is 1. The summed E-state index contributed by atoms with van der Waals surface area (Å²) in [7, 11) is -4.16. The summed E-state index contributed by atoms with van der Waals surface area (Å²) < 4.78 is 29.1. The van der Waals surface area contributed by atoms with Crippen LogP contribution in [0.2, 0.25) is 5.02 Å². The van der Waals surface area contributed by atoms with Gasteiger partial charge in [-0.25, -0.2) is 8.42 Å². The lowest BCUT2D eigenvalue weighted by atomic mass is 10.1. The van der Waals surface area contributed by atoms with Gasteiger partial charge >= 0.3 is 0 Å². The van der Waals surface area contributed by atoms with Crippen LogP contribution in [0, 0.1) is 13.8 Å². The topological polar surface area (TPSA) is 86.8 Å². The Morgan fingerprint density at radius 1 is 0.950 bits per heavy atom. The van der Waals surface area contributed by atoms with Crippen molar-refractivity contribution in [2.24, 2.45) is 0 Å². The number of halogens is 1. The highest BCUT2D eigenvalue weighted by Gasteiger charge is 2.34. The van der Waals surface area contributed by atoms with Gasteiger partial charge in [0.2, 0.25) is 11.8 Å². The molecule has 0 aliphatic rings. The molecule has 1 N–H and O–H groups in total. The number of aryl methyl sites for hydroxylation is 2. The molecule has 0 heterocycles. The van der Waals surface area contributed by atoms with Crippen molar-refractivity contribution in [1.29, 1.82) is 0 Å². The van der Waals surface area contributed by atoms with E-state index in [1.807, 2.05) is 51.1 Å². The van der Waals surface area contributed by atoms with E-state index in [1.165, 1.54) is 17.0 Å². The number of hydrogen-bond donors (Lipinski definition) is 1. The van der Waals surface area contributed by atoms with Crippen LogP contribution in [0.25, 0.3) is 0 Å². The van der Waals surface area contributed by atoms with Crippen molar-refractivity contribution in [3.63, 3.8) is 0 Å². The third-order valence-electron chi connectivity index (χ3n) is 6.74. The largest absolute Gasteiger partial charge is 0.354 e. The standard InChI is InChI=1S/C31H38ClN3O4S/c1-5-7-19-33-31(37)28(6-2)34(21-25-11-9-8-10-12-25)30(36)22-35(29-20-26(32)16-15-24(29)4)40(38,39)27-17-13-23(3)14-18-27/h8-18,20,28H,5-7,19,21-22H2,1-4H3,(H,33,37)/t28-/m0/s1. The number of benzene rings is 3. The Hall–Kier alpha value is -3.36. The molecule has 214 valence electrons. The fraction of sp³-hybridized carbons (Fsp3) is 0.355. The molecular weight excluding hydrogens is 546 g/mol. The van der Waals surface area contributed by atoms with E-state index in [0.717, 1.165) is 28.3 Å². The van der Waals surface area contributed by atoms with Gasteiger partial charge in [-0.3, -0.25) is 13.9 Å². The molecule has 3 rings (SSSR count). The van der Waals surface area contributed by atoms with Crippen molar-refractivity contribution in [3.05, 3.63) is 94.5 Å². The molecule has 0 fully saturated rings. The van der Waals surface area contributed by atoms with Gasteiger partial charge in [0.05, 0.1) is 10.6 Å². The zero-order chi connectivity index (χ0) is 29.3. The van der Waals surface area contributed by atoms with Gasteiger partial charge in [0, 0.05) is 18.1 Å². The van der Waals surface area contributed by atoms with Gasteiger partial charge in [-0.15, -0.1) is 0 Å². The Bertz CT molecular complexity index is 1400. The molecule has 0 spiro atoms. The molecule has 7 nitrogen and oxygen atoms in total. The molecular formula is C31H38ClN3O4S. The SMILES string of the molecule is CCCCNC(=O)[C@H](CC)N(Cc1ccccc1)C(=O)CN(c1cc(Cl)ccc1C)S(=O)(=O)c1ccc(C)cc1. The number of amides is 2. The monoisotopic (exact) mass is 583 g/mol. The van der Waals surface area contributed by atoms with Crippen molar-refractivity contribution >= 4 is 39.1 Å². The van der Waals surface area contributed by atoms with Crippen molar-refractivity contribution in [2.45, 2.75) is 64.4 Å². The number of nitrogens with one attached hydrogen (secondary N) is 1. The molecule has 0 radical (unpaired) electrons. The number of carbonyl (C=O) groups is 2. The fourth-order valence-electron chi connectivity index (χ4n) is 4.41. The van der Waals surface area contributed by atoms with Crippen LogP contribution < -0.4 is 9.62 Å². The number of sulfonamides is 1. The van der Waals surface area contributed by atoms with Crippen LogP contribution in [-0.4, -0.2) is 44.3 Å². The van der Waals surface area contributed by atoms with E-state index < -0.39 is 28.5 Å². The minimum Gasteiger partial charge on any atom is -0.354 e. The first-order valence-corrected chi connectivity index (χ1v) is 15.4. The summed E-state index contributed by atoms with van der Waals surface area (Å²) in [6, 6.07) is 20.0. The summed E-state index contributed by atoms with van der Waals surface area (Å²) in [5, 5.41) is 3.28. The average molecular weight is 584 g/mol. The first-order chi connectivity index (χ1) is 19.1. The molecule has 2 amide bonds. The number of rotatable bonds is 13. The minimum atomic E-state index is -4.16. The average Bonchev–Trinajstić information content (AvgIpc) is 2.93. The highest BCUT2D eigenvalue weighted by molar-refractivity contribution is 7.92. The molecule has 0 bridgehead atoms. The van der Waals surface area contributed by atoms with Gasteiger partial charge in [0.25, 0.3) is 10.0 Å². The molecule has 9 heteroatoms. The van der Waals surface area contributed by atoms with Crippen molar-refractivity contribution in [3.8, 4) is 0 Å². The van der Waals surface area contributed by atoms with Crippen LogP contribution in [0.5, 0.6) is 0 Å². The summed E-state index contributed by atoms with van der Waals surface area (Å²) in [5.74, 6) is -0.747. The summed E-state index contributed by atoms with van der Waals surface area (Å²) in [6.45, 7) is 7.69. The lowest BCUT2D eigenvalue weighted by Crippen LogP contribution is -2.52. The third kappa shape index (κ3) is 7.86. The Kier molecular flexibility index (Phi) is 11.2. The first kappa shape index (κ1) is 31.2. The Morgan fingerprint density at radius 3 is 2.25 bits per heavy atom. The van der Waals surface area contributed by atoms with Crippen LogP contribution in [0.4, 0.5) is 5.69 Å². The quantitative estimate of drug-likeness (QED) is 0.255. The maximum atomic E-state index is 14.1. The number of anilines is 1. The summed E-state index contributed by atoms with van der Waals surface area (Å²) >= 11 is 6.29. The second kappa shape index (κ2) is 14.3. The predicted octanol–water partition coefficient (Wildman–Crippen LogP) is 5.88. The highest BCUT2D eigenvalue weighted by atomic mass is 35.5. The van der Waals surface area contributed by atoms with Crippen LogP contribution in [0.15, 0.2) is 77.7 Å². The molecule has 1 atom stereocenters. The molecule has 0 aromatic heterocycles. The van der Waals surface area contributed by atoms with E-state index in [9.17, 15) is 18.0 Å². The Morgan fingerprint density at radius 2 is 1.62 bits per heavy atom. The maximum absolute atomic E-state index is 14.1. The highest BCUT2D eigenvalue weighted by Crippen LogP contribution is 2.30. The Balaban J connectivity index is 2.06. The fourth-order valence-corrected chi connectivity index (χ4v) is 6.04. The van der Waals surface area contributed by atoms with Crippen LogP contribution in [-0.2, 0) is 26.2 Å². The first-order valence-electron chi connectivity index (χ1n) is 13.5. The van der Waals surface area contributed by atoms with Crippen LogP contribution in [0.3, 0.4) is 0 Å². The molecule has 0 aliphatic heterocycles. The van der Waals surface area contributed by atoms with Gasteiger partial charge in [0.1, 0.15) is 12.6 Å². The second-order valence-corrected chi connectivity index (χ2v) is 12.1. The molecule has 0 unspecified atom stereocenters. The van der Waals surface area contributed by atoms with E-state index in [1.54, 1.807) is 37.3 Å². The Labute approximate surface area is 243 Å². The van der Waals surface area contributed by atoms with Crippen molar-refractivity contribution in [2.75, 3.05) is 17.4 Å². The van der Waals surface area contributed by atoms with Gasteiger partial charge in [-0.1, -0.05) is 86.0 Å². The molecule has 40 heavy (non-hydrogen) atoms. The van der Waals surface area contributed by atoms with Crippen LogP contribution >= 0.6 is 11.6 Å². The zero-order valence-electron chi connectivity index (χ0n) is 23.6. The van der Waals surface area contributed by atoms with Crippen molar-refractivity contribution < 1.29 is 18.0 Å². The molecule has 3 aromatic rings. The number of hydrogen-bond acceptors (Lipinski definition) is 4. The smallest absolute Gasteiger partial charge is 0.264 e. The summed E-state index contributed by atoms with van der Waals surface area (Å²) in [6.07, 6.45) is 2.12. The van der Waals surface area contributed by atoms with E-state index >= 15 is 0 Å². The molecule has 0 saturated carbocycles. The van der Waals surface area contributed by atoms with E-state index in [4.69, 9.17) is 11.6 Å². The molecule has 0 aliphatic carbocycles. The summed E-state index contributed by atoms with van der Waals surface area (Å²) in [4.78, 5) is 28.9. The van der Waals surface area contributed by atoms with Gasteiger partial charge in [-0.05, 0) is 62.1 Å². The van der Waals surface area contributed by atoms with E-state index in [-0.39, 0.29) is 17.3 Å². The van der Waals surface area contributed by atoms with Gasteiger partial charge < -0.3 is 10.2 Å². The van der Waals surface area contributed by atoms with Crippen LogP contribution in [0.1, 0.15) is 49.8 Å². The van der Waals surface area contributed by atoms with E-state index in [2.05, 4.69) is 5.32 Å². The third-order valence-corrected chi connectivity index (χ3v) is 8.75. The van der Waals surface area contributed by atoms with Gasteiger partial charge in [-0.2, -0.15) is 0 Å². The lowest BCUT2D eigenvalue weighted by molar-refractivity contribution is -0.140. The van der Waals surface area contributed by atoms with Gasteiger partial charge in [0.15, 0.2) is 0 Å². The number of nitrogens with zero attached hydrogens (tertiary/aromatic N) is 2. The van der Waals surface area contributed by atoms with E-state index in [0.29, 0.717) is 29.2 Å². The molecule has 0 saturated heterocycles.